The van der Waals surface area contributed by atoms with Crippen LogP contribution in [0.3, 0.4) is 0 Å². The summed E-state index contributed by atoms with van der Waals surface area (Å²) in [5, 5.41) is 10.6. The molecule has 1 amide bonds. The number of hydrogen-bond acceptors (Lipinski definition) is 4. The van der Waals surface area contributed by atoms with E-state index in [0.717, 1.165) is 26.8 Å². The van der Waals surface area contributed by atoms with E-state index in [1.165, 1.54) is 0 Å². The fraction of sp³-hybridized carbons (Fsp3) is 0.333. The van der Waals surface area contributed by atoms with E-state index in [9.17, 15) is 4.79 Å². The molecule has 0 spiro atoms. The van der Waals surface area contributed by atoms with Crippen LogP contribution in [0.2, 0.25) is 0 Å². The number of nitrogens with two attached hydrogens (primary N) is 1. The average Bonchev–Trinajstić information content (AvgIpc) is 2.71. The summed E-state index contributed by atoms with van der Waals surface area (Å²) in [4.78, 5) is 14.5. The van der Waals surface area contributed by atoms with Gasteiger partial charge in [0.2, 0.25) is 5.91 Å². The number of benzene rings is 1. The van der Waals surface area contributed by atoms with Gasteiger partial charge in [0.25, 0.3) is 0 Å². The number of amides is 1. The first-order chi connectivity index (χ1) is 8.65. The summed E-state index contributed by atoms with van der Waals surface area (Å²) in [7, 11) is 0. The molecule has 2 N–H and O–H groups in total. The van der Waals surface area contributed by atoms with Crippen LogP contribution in [0.25, 0.3) is 0 Å². The smallest absolute Gasteiger partial charge is 0.227 e. The Balaban J connectivity index is 2.24. The Morgan fingerprint density at radius 3 is 2.94 bits per heavy atom. The third-order valence-electron chi connectivity index (χ3n) is 2.91. The van der Waals surface area contributed by atoms with E-state index in [-0.39, 0.29) is 11.8 Å². The number of hydrogen-bond donors (Lipinski definition) is 1. The van der Waals surface area contributed by atoms with Gasteiger partial charge in [-0.2, -0.15) is 5.26 Å². The van der Waals surface area contributed by atoms with Crippen molar-refractivity contribution in [2.45, 2.75) is 11.3 Å². The van der Waals surface area contributed by atoms with Gasteiger partial charge in [-0.3, -0.25) is 4.79 Å². The average molecular weight is 326 g/mol. The first kappa shape index (κ1) is 13.4. The van der Waals surface area contributed by atoms with E-state index in [0.29, 0.717) is 19.5 Å². The van der Waals surface area contributed by atoms with Crippen molar-refractivity contribution < 1.29 is 4.79 Å². The van der Waals surface area contributed by atoms with E-state index in [1.54, 1.807) is 4.90 Å². The van der Waals surface area contributed by atoms with Gasteiger partial charge < -0.3 is 10.6 Å². The molecule has 1 saturated heterocycles. The SMILES string of the molecule is N#CSc1ccc(N2CC(CN)CC2=O)c(Br)c1. The van der Waals surface area contributed by atoms with E-state index >= 15 is 0 Å². The Morgan fingerprint density at radius 2 is 2.39 bits per heavy atom. The van der Waals surface area contributed by atoms with Gasteiger partial charge in [0.15, 0.2) is 0 Å². The number of thiocyanates is 1. The van der Waals surface area contributed by atoms with Gasteiger partial charge in [0.05, 0.1) is 5.69 Å². The van der Waals surface area contributed by atoms with Gasteiger partial charge >= 0.3 is 0 Å². The number of anilines is 1. The Morgan fingerprint density at radius 1 is 1.61 bits per heavy atom. The molecular weight excluding hydrogens is 314 g/mol. The van der Waals surface area contributed by atoms with E-state index in [1.807, 2.05) is 23.6 Å². The van der Waals surface area contributed by atoms with Gasteiger partial charge in [0, 0.05) is 22.3 Å². The molecule has 1 unspecified atom stereocenters. The molecule has 4 nitrogen and oxygen atoms in total. The van der Waals surface area contributed by atoms with Gasteiger partial charge in [-0.1, -0.05) is 0 Å². The Labute approximate surface area is 118 Å². The highest BCUT2D eigenvalue weighted by molar-refractivity contribution is 9.10. The van der Waals surface area contributed by atoms with Crippen molar-refractivity contribution >= 4 is 39.3 Å². The van der Waals surface area contributed by atoms with Crippen molar-refractivity contribution in [3.63, 3.8) is 0 Å². The van der Waals surface area contributed by atoms with Crippen LogP contribution in [-0.2, 0) is 4.79 Å². The first-order valence-electron chi connectivity index (χ1n) is 5.51. The maximum atomic E-state index is 11.9. The van der Waals surface area contributed by atoms with Crippen molar-refractivity contribution in [3.8, 4) is 5.40 Å². The fourth-order valence-corrected chi connectivity index (χ4v) is 3.16. The maximum absolute atomic E-state index is 11.9. The van der Waals surface area contributed by atoms with E-state index < -0.39 is 0 Å². The van der Waals surface area contributed by atoms with Crippen LogP contribution >= 0.6 is 27.7 Å². The van der Waals surface area contributed by atoms with E-state index in [2.05, 4.69) is 15.9 Å². The molecule has 0 aromatic heterocycles. The maximum Gasteiger partial charge on any atom is 0.227 e. The molecule has 1 fully saturated rings. The largest absolute Gasteiger partial charge is 0.330 e. The van der Waals surface area contributed by atoms with Crippen molar-refractivity contribution in [1.82, 2.24) is 0 Å². The molecule has 1 atom stereocenters. The number of halogens is 1. The molecule has 1 aliphatic heterocycles. The van der Waals surface area contributed by atoms with Crippen LogP contribution in [0, 0.1) is 16.6 Å². The van der Waals surface area contributed by atoms with Crippen LogP contribution in [-0.4, -0.2) is 19.0 Å². The molecular formula is C12H12BrN3OS. The minimum atomic E-state index is 0.104. The summed E-state index contributed by atoms with van der Waals surface area (Å²) in [5.41, 5.74) is 6.45. The molecule has 6 heteroatoms. The molecule has 1 aromatic rings. The summed E-state index contributed by atoms with van der Waals surface area (Å²) >= 11 is 4.55. The topological polar surface area (TPSA) is 70.1 Å². The zero-order chi connectivity index (χ0) is 13.1. The summed E-state index contributed by atoms with van der Waals surface area (Å²) in [5.74, 6) is 0.337. The number of carbonyl (C=O) groups excluding carboxylic acids is 1. The highest BCUT2D eigenvalue weighted by Crippen LogP contribution is 2.34. The molecule has 18 heavy (non-hydrogen) atoms. The zero-order valence-corrected chi connectivity index (χ0v) is 12.0. The van der Waals surface area contributed by atoms with Gasteiger partial charge in [-0.05, 0) is 58.4 Å². The van der Waals surface area contributed by atoms with Gasteiger partial charge in [-0.25, -0.2) is 0 Å². The van der Waals surface area contributed by atoms with Crippen LogP contribution in [0.1, 0.15) is 6.42 Å². The number of carbonyl (C=O) groups is 1. The summed E-state index contributed by atoms with van der Waals surface area (Å²) in [6.45, 7) is 1.20. The second-order valence-corrected chi connectivity index (χ2v) is 5.83. The lowest BCUT2D eigenvalue weighted by Crippen LogP contribution is -2.26. The highest BCUT2D eigenvalue weighted by atomic mass is 79.9. The van der Waals surface area contributed by atoms with Crippen LogP contribution < -0.4 is 10.6 Å². The van der Waals surface area contributed by atoms with Crippen LogP contribution in [0.5, 0.6) is 0 Å². The Kier molecular flexibility index (Phi) is 4.27. The number of nitrogens with zero attached hydrogens (tertiary/aromatic N) is 2. The lowest BCUT2D eigenvalue weighted by atomic mass is 10.1. The molecule has 94 valence electrons. The molecule has 0 saturated carbocycles. The Hall–Kier alpha value is -1.03. The van der Waals surface area contributed by atoms with Gasteiger partial charge in [-0.15, -0.1) is 0 Å². The van der Waals surface area contributed by atoms with Crippen LogP contribution in [0.15, 0.2) is 27.6 Å². The first-order valence-corrected chi connectivity index (χ1v) is 7.12. The lowest BCUT2D eigenvalue weighted by molar-refractivity contribution is -0.117. The second kappa shape index (κ2) is 5.74. The standard InChI is InChI=1S/C12H12BrN3OS/c13-10-4-9(18-7-15)1-2-11(10)16-6-8(5-14)3-12(16)17/h1-2,4,8H,3,5-6,14H2. The molecule has 1 aromatic carbocycles. The van der Waals surface area contributed by atoms with E-state index in [4.69, 9.17) is 11.0 Å². The fourth-order valence-electron chi connectivity index (χ4n) is 1.99. The predicted molar refractivity (Wildman–Crippen MR) is 75.1 cm³/mol. The van der Waals surface area contributed by atoms with Gasteiger partial charge in [0.1, 0.15) is 5.40 Å². The van der Waals surface area contributed by atoms with Crippen molar-refractivity contribution in [2.75, 3.05) is 18.0 Å². The second-order valence-electron chi connectivity index (χ2n) is 4.12. The third-order valence-corrected chi connectivity index (χ3v) is 4.13. The minimum Gasteiger partial charge on any atom is -0.330 e. The van der Waals surface area contributed by atoms with Crippen molar-refractivity contribution in [3.05, 3.63) is 22.7 Å². The zero-order valence-electron chi connectivity index (χ0n) is 9.60. The summed E-state index contributed by atoms with van der Waals surface area (Å²) in [6.07, 6.45) is 0.512. The number of rotatable bonds is 3. The quantitative estimate of drug-likeness (QED) is 0.684. The predicted octanol–water partition coefficient (Wildman–Crippen LogP) is 2.33. The molecule has 0 aliphatic carbocycles. The van der Waals surface area contributed by atoms with Crippen molar-refractivity contribution in [2.24, 2.45) is 11.7 Å². The third kappa shape index (κ3) is 2.69. The van der Waals surface area contributed by atoms with Crippen LogP contribution in [0.4, 0.5) is 5.69 Å². The molecule has 2 rings (SSSR count). The molecule has 1 heterocycles. The summed E-state index contributed by atoms with van der Waals surface area (Å²) < 4.78 is 0.828. The number of thioether (sulfide) groups is 1. The lowest BCUT2D eigenvalue weighted by Gasteiger charge is -2.18. The molecule has 1 aliphatic rings. The highest BCUT2D eigenvalue weighted by Gasteiger charge is 2.30. The molecule has 0 bridgehead atoms. The monoisotopic (exact) mass is 325 g/mol. The minimum absolute atomic E-state index is 0.104. The normalized spacial score (nSPS) is 19.1. The number of nitriles is 1. The Bertz CT molecular complexity index is 515. The summed E-state index contributed by atoms with van der Waals surface area (Å²) in [6, 6.07) is 5.56. The molecule has 0 radical (unpaired) electrons. The van der Waals surface area contributed by atoms with Crippen molar-refractivity contribution in [1.29, 1.82) is 5.26 Å².